The maximum absolute atomic E-state index is 15.8. The van der Waals surface area contributed by atoms with Gasteiger partial charge in [-0.3, -0.25) is 0 Å². The van der Waals surface area contributed by atoms with E-state index in [9.17, 15) is 19.2 Å². The summed E-state index contributed by atoms with van der Waals surface area (Å²) in [5.41, 5.74) is -10.7. The second-order valence-electron chi connectivity index (χ2n) is 17.3. The highest BCUT2D eigenvalue weighted by molar-refractivity contribution is 6.04. The molecule has 0 spiro atoms. The van der Waals surface area contributed by atoms with Crippen LogP contribution in [0.3, 0.4) is 0 Å². The van der Waals surface area contributed by atoms with E-state index in [0.29, 0.717) is 87.8 Å². The first-order valence-corrected chi connectivity index (χ1v) is 24.0. The molecule has 0 radical (unpaired) electrons. The van der Waals surface area contributed by atoms with E-state index in [1.165, 1.54) is 0 Å². The van der Waals surface area contributed by atoms with Gasteiger partial charge in [0, 0.05) is 0 Å². The lowest BCUT2D eigenvalue weighted by Crippen LogP contribution is -2.55. The topological polar surface area (TPSA) is 105 Å². The molecule has 2 rings (SSSR count). The third-order valence-electron chi connectivity index (χ3n) is 12.6. The van der Waals surface area contributed by atoms with Gasteiger partial charge in [0.1, 0.15) is 0 Å². The molecule has 2 aromatic carbocycles. The van der Waals surface area contributed by atoms with Crippen molar-refractivity contribution in [1.82, 2.24) is 0 Å². The van der Waals surface area contributed by atoms with E-state index in [1.807, 2.05) is 55.4 Å². The highest BCUT2D eigenvalue weighted by atomic mass is 19.4. The van der Waals surface area contributed by atoms with Crippen LogP contribution in [0, 0.1) is 23.7 Å². The molecule has 0 fully saturated rings. The third-order valence-corrected chi connectivity index (χ3v) is 12.6. The molecule has 368 valence electrons. The van der Waals surface area contributed by atoms with Gasteiger partial charge in [-0.1, -0.05) is 145 Å². The summed E-state index contributed by atoms with van der Waals surface area (Å²) in [6.07, 6.45) is -0.480. The van der Waals surface area contributed by atoms with Crippen LogP contribution in [0.15, 0.2) is 36.4 Å². The smallest absolute Gasteiger partial charge is 0.411 e. The lowest BCUT2D eigenvalue weighted by atomic mass is 9.71. The quantitative estimate of drug-likeness (QED) is 0.0433. The molecule has 2 aromatic rings. The van der Waals surface area contributed by atoms with Crippen LogP contribution in [0.4, 0.5) is 26.3 Å². The molecule has 0 aliphatic heterocycles. The molecule has 0 aliphatic carbocycles. The first-order valence-electron chi connectivity index (χ1n) is 24.0. The molecule has 0 amide bonds. The predicted molar refractivity (Wildman–Crippen MR) is 240 cm³/mol. The van der Waals surface area contributed by atoms with Gasteiger partial charge in [-0.05, 0) is 84.7 Å². The molecule has 0 aromatic heterocycles. The van der Waals surface area contributed by atoms with Crippen molar-refractivity contribution in [2.24, 2.45) is 23.7 Å². The number of ether oxygens (including phenoxy) is 4. The molecule has 0 heterocycles. The molecule has 4 unspecified atom stereocenters. The fraction of sp³-hybridized carbons (Fsp3) is 0.686. The molecular weight excluding hydrogens is 855 g/mol. The fourth-order valence-electron chi connectivity index (χ4n) is 7.91. The number of unbranched alkanes of at least 4 members (excludes halogenated alkanes) is 4. The van der Waals surface area contributed by atoms with Gasteiger partial charge in [-0.15, -0.1) is 0 Å². The summed E-state index contributed by atoms with van der Waals surface area (Å²) < 4.78 is 117. The van der Waals surface area contributed by atoms with Gasteiger partial charge >= 0.3 is 36.2 Å². The molecule has 4 atom stereocenters. The van der Waals surface area contributed by atoms with Crippen molar-refractivity contribution in [3.63, 3.8) is 0 Å². The van der Waals surface area contributed by atoms with Crippen molar-refractivity contribution in [3.05, 3.63) is 69.8 Å². The van der Waals surface area contributed by atoms with E-state index in [-0.39, 0.29) is 50.1 Å². The van der Waals surface area contributed by atoms with E-state index >= 15 is 26.3 Å². The minimum absolute atomic E-state index is 0.0694. The fourth-order valence-corrected chi connectivity index (χ4v) is 7.91. The van der Waals surface area contributed by atoms with Crippen LogP contribution >= 0.6 is 0 Å². The Labute approximate surface area is 383 Å². The lowest BCUT2D eigenvalue weighted by Gasteiger charge is -2.38. The zero-order valence-electron chi connectivity index (χ0n) is 39.9. The number of carbonyl (C=O) groups excluding carboxylic acids is 4. The Morgan fingerprint density at radius 3 is 0.877 bits per heavy atom. The van der Waals surface area contributed by atoms with Crippen LogP contribution in [0.5, 0.6) is 0 Å². The molecule has 14 heteroatoms. The molecule has 0 aliphatic rings. The van der Waals surface area contributed by atoms with E-state index in [4.69, 9.17) is 18.9 Å². The van der Waals surface area contributed by atoms with Crippen LogP contribution < -0.4 is 0 Å². The van der Waals surface area contributed by atoms with Crippen LogP contribution in [0.1, 0.15) is 211 Å². The maximum atomic E-state index is 15.8. The van der Waals surface area contributed by atoms with Gasteiger partial charge in [0.2, 0.25) is 5.41 Å². The van der Waals surface area contributed by atoms with E-state index in [2.05, 4.69) is 0 Å². The Kier molecular flexibility index (Phi) is 24.7. The minimum atomic E-state index is -6.18. The molecular formula is C51H74F6O8. The van der Waals surface area contributed by atoms with Gasteiger partial charge < -0.3 is 18.9 Å². The van der Waals surface area contributed by atoms with Crippen molar-refractivity contribution in [2.45, 2.75) is 176 Å². The molecule has 65 heavy (non-hydrogen) atoms. The van der Waals surface area contributed by atoms with Crippen LogP contribution in [0.2, 0.25) is 0 Å². The molecule has 0 N–H and O–H groups in total. The highest BCUT2D eigenvalue weighted by Crippen LogP contribution is 2.56. The SMILES string of the molecule is CCCCC(CC)COC(=O)c1ccc(C(c2ccc(C(=O)OCC(CC)CCCC)c(C(=O)OCC(CC)CCCC)c2)(C(F)(F)F)C(F)(F)F)cc1C(=O)OCC(CC)CCCC. The molecule has 0 bridgehead atoms. The normalized spacial score (nSPS) is 14.0. The van der Waals surface area contributed by atoms with Crippen molar-refractivity contribution >= 4 is 23.9 Å². The summed E-state index contributed by atoms with van der Waals surface area (Å²) >= 11 is 0. The average molecular weight is 929 g/mol. The number of hydrogen-bond acceptors (Lipinski definition) is 8. The zero-order valence-corrected chi connectivity index (χ0v) is 39.9. The van der Waals surface area contributed by atoms with Crippen molar-refractivity contribution in [3.8, 4) is 0 Å². The number of hydrogen-bond donors (Lipinski definition) is 0. The first-order chi connectivity index (χ1) is 30.8. The Bertz CT molecular complexity index is 1650. The van der Waals surface area contributed by atoms with Gasteiger partial charge in [0.05, 0.1) is 48.7 Å². The summed E-state index contributed by atoms with van der Waals surface area (Å²) in [6.45, 7) is 14.9. The lowest BCUT2D eigenvalue weighted by molar-refractivity contribution is -0.288. The Hall–Kier alpha value is -4.10. The Balaban J connectivity index is 2.96. The van der Waals surface area contributed by atoms with Crippen molar-refractivity contribution in [1.29, 1.82) is 0 Å². The number of halogens is 6. The second kappa shape index (κ2) is 28.2. The number of alkyl halides is 6. The van der Waals surface area contributed by atoms with Gasteiger partial charge in [-0.2, -0.15) is 26.3 Å². The number of esters is 4. The molecule has 8 nitrogen and oxygen atoms in total. The minimum Gasteiger partial charge on any atom is -0.462 e. The highest BCUT2D eigenvalue weighted by Gasteiger charge is 2.72. The van der Waals surface area contributed by atoms with Gasteiger partial charge in [0.15, 0.2) is 0 Å². The van der Waals surface area contributed by atoms with E-state index < -0.39 is 75.0 Å². The zero-order chi connectivity index (χ0) is 48.8. The predicted octanol–water partition coefficient (Wildman–Crippen LogP) is 14.6. The third kappa shape index (κ3) is 16.0. The van der Waals surface area contributed by atoms with Crippen molar-refractivity contribution < 1.29 is 64.5 Å². The van der Waals surface area contributed by atoms with E-state index in [0.717, 1.165) is 51.4 Å². The summed E-state index contributed by atoms with van der Waals surface area (Å²) in [6, 6.07) is 3.16. The van der Waals surface area contributed by atoms with Crippen LogP contribution in [-0.4, -0.2) is 62.7 Å². The number of rotatable bonds is 30. The average Bonchev–Trinajstić information content (AvgIpc) is 3.28. The summed E-state index contributed by atoms with van der Waals surface area (Å²) in [5, 5.41) is 0. The number of benzene rings is 2. The monoisotopic (exact) mass is 929 g/mol. The summed E-state index contributed by atoms with van der Waals surface area (Å²) in [5.74, 6) is -5.28. The molecule has 0 saturated carbocycles. The van der Waals surface area contributed by atoms with Gasteiger partial charge in [0.25, 0.3) is 0 Å². The standard InChI is InChI=1S/C51H74F6O8/c1-9-17-21-35(13-5)31-62-45(58)41-27-25-39(29-43(41)47(60)64-33-37(15-7)23-19-11-3)49(50(52,53)54,51(55,56)57)40-26-28-42(46(59)63-32-36(14-6)22-18-10-2)44(30-40)48(61)65-34-38(16-8)24-20-12-4/h25-30,35-38H,9-24,31-34H2,1-8H3. The summed E-state index contributed by atoms with van der Waals surface area (Å²) in [4.78, 5) is 55.0. The second-order valence-corrected chi connectivity index (χ2v) is 17.3. The summed E-state index contributed by atoms with van der Waals surface area (Å²) in [7, 11) is 0. The van der Waals surface area contributed by atoms with Crippen molar-refractivity contribution in [2.75, 3.05) is 26.4 Å². The molecule has 0 saturated heterocycles. The largest absolute Gasteiger partial charge is 0.462 e. The van der Waals surface area contributed by atoms with Crippen LogP contribution in [-0.2, 0) is 24.4 Å². The number of carbonyl (C=O) groups is 4. The van der Waals surface area contributed by atoms with E-state index in [1.54, 1.807) is 0 Å². The maximum Gasteiger partial charge on any atom is 0.411 e. The first kappa shape index (κ1) is 57.0. The Morgan fingerprint density at radius 1 is 0.415 bits per heavy atom. The Morgan fingerprint density at radius 2 is 0.662 bits per heavy atom. The van der Waals surface area contributed by atoms with Crippen LogP contribution in [0.25, 0.3) is 0 Å². The van der Waals surface area contributed by atoms with Gasteiger partial charge in [-0.25, -0.2) is 19.2 Å².